The van der Waals surface area contributed by atoms with E-state index in [1.165, 1.54) is 0 Å². The van der Waals surface area contributed by atoms with E-state index in [-0.39, 0.29) is 11.8 Å². The second kappa shape index (κ2) is 8.73. The summed E-state index contributed by atoms with van der Waals surface area (Å²) >= 11 is 0. The molecule has 4 nitrogen and oxygen atoms in total. The summed E-state index contributed by atoms with van der Waals surface area (Å²) in [4.78, 5) is 25.9. The van der Waals surface area contributed by atoms with Gasteiger partial charge in [0.25, 0.3) is 0 Å². The number of para-hydroxylation sites is 1. The smallest absolute Gasteiger partial charge is 0.228 e. The van der Waals surface area contributed by atoms with Gasteiger partial charge >= 0.3 is 0 Å². The van der Waals surface area contributed by atoms with Crippen molar-refractivity contribution in [2.24, 2.45) is 0 Å². The van der Waals surface area contributed by atoms with Crippen molar-refractivity contribution in [1.29, 1.82) is 0 Å². The van der Waals surface area contributed by atoms with Crippen molar-refractivity contribution in [2.45, 2.75) is 19.8 Å². The van der Waals surface area contributed by atoms with Crippen LogP contribution in [0.4, 0.5) is 5.69 Å². The molecule has 4 heteroatoms. The van der Waals surface area contributed by atoms with Crippen LogP contribution in [0.15, 0.2) is 60.7 Å². The Labute approximate surface area is 137 Å². The minimum atomic E-state index is -0.0632. The number of benzene rings is 2. The number of nitrogens with zero attached hydrogens (tertiary/aromatic N) is 1. The van der Waals surface area contributed by atoms with Gasteiger partial charge in [0, 0.05) is 25.2 Å². The Morgan fingerprint density at radius 2 is 1.57 bits per heavy atom. The first kappa shape index (κ1) is 16.7. The van der Waals surface area contributed by atoms with E-state index in [2.05, 4.69) is 5.32 Å². The molecule has 0 heterocycles. The average molecular weight is 310 g/mol. The fourth-order valence-corrected chi connectivity index (χ4v) is 2.40. The highest BCUT2D eigenvalue weighted by molar-refractivity contribution is 5.93. The number of hydrogen-bond donors (Lipinski definition) is 1. The zero-order valence-electron chi connectivity index (χ0n) is 13.4. The first-order valence-corrected chi connectivity index (χ1v) is 7.86. The molecular weight excluding hydrogens is 288 g/mol. The second-order valence-electron chi connectivity index (χ2n) is 5.24. The van der Waals surface area contributed by atoms with E-state index in [1.54, 1.807) is 4.90 Å². The molecule has 2 aromatic rings. The van der Waals surface area contributed by atoms with E-state index in [0.717, 1.165) is 11.3 Å². The maximum atomic E-state index is 12.3. The fourth-order valence-electron chi connectivity index (χ4n) is 2.40. The molecule has 0 aliphatic carbocycles. The lowest BCUT2D eigenvalue weighted by atomic mass is 10.1. The number of hydrogen-bond acceptors (Lipinski definition) is 2. The summed E-state index contributed by atoms with van der Waals surface area (Å²) in [6.07, 6.45) is 0.633. The Bertz CT molecular complexity index is 626. The number of carbonyl (C=O) groups excluding carboxylic acids is 2. The molecule has 23 heavy (non-hydrogen) atoms. The predicted molar refractivity (Wildman–Crippen MR) is 92.2 cm³/mol. The predicted octanol–water partition coefficient (Wildman–Crippen LogP) is 2.79. The third-order valence-electron chi connectivity index (χ3n) is 3.55. The third-order valence-corrected chi connectivity index (χ3v) is 3.55. The molecule has 0 aliphatic heterocycles. The standard InChI is InChI=1S/C19H22N2O2/c1-2-21(17-11-7-4-8-12-17)19(23)13-14-20-18(22)15-16-9-5-3-6-10-16/h3-12H,2,13-15H2,1H3,(H,20,22). The van der Waals surface area contributed by atoms with Crippen molar-refractivity contribution in [2.75, 3.05) is 18.0 Å². The number of nitrogens with one attached hydrogen (secondary N) is 1. The van der Waals surface area contributed by atoms with Gasteiger partial charge in [0.2, 0.25) is 11.8 Å². The summed E-state index contributed by atoms with van der Waals surface area (Å²) < 4.78 is 0. The van der Waals surface area contributed by atoms with Gasteiger partial charge in [0.05, 0.1) is 6.42 Å². The Kier molecular flexibility index (Phi) is 6.36. The van der Waals surface area contributed by atoms with Crippen LogP contribution >= 0.6 is 0 Å². The second-order valence-corrected chi connectivity index (χ2v) is 5.24. The fraction of sp³-hybridized carbons (Fsp3) is 0.263. The first-order chi connectivity index (χ1) is 11.2. The van der Waals surface area contributed by atoms with E-state index in [4.69, 9.17) is 0 Å². The number of carbonyl (C=O) groups is 2. The highest BCUT2D eigenvalue weighted by atomic mass is 16.2. The van der Waals surface area contributed by atoms with Gasteiger partial charge in [-0.3, -0.25) is 9.59 Å². The normalized spacial score (nSPS) is 10.1. The molecule has 0 radical (unpaired) electrons. The van der Waals surface area contributed by atoms with Crippen LogP contribution in [0.25, 0.3) is 0 Å². The molecule has 0 saturated heterocycles. The van der Waals surface area contributed by atoms with E-state index in [0.29, 0.717) is 25.9 Å². The van der Waals surface area contributed by atoms with Gasteiger partial charge in [-0.1, -0.05) is 48.5 Å². The van der Waals surface area contributed by atoms with E-state index < -0.39 is 0 Å². The number of rotatable bonds is 7. The van der Waals surface area contributed by atoms with Crippen molar-refractivity contribution in [3.05, 3.63) is 66.2 Å². The average Bonchev–Trinajstić information content (AvgIpc) is 2.57. The lowest BCUT2D eigenvalue weighted by Crippen LogP contribution is -2.34. The zero-order valence-corrected chi connectivity index (χ0v) is 13.4. The van der Waals surface area contributed by atoms with Gasteiger partial charge in [-0.25, -0.2) is 0 Å². The van der Waals surface area contributed by atoms with Crippen molar-refractivity contribution < 1.29 is 9.59 Å². The molecule has 120 valence electrons. The van der Waals surface area contributed by atoms with Crippen LogP contribution in [0, 0.1) is 0 Å². The van der Waals surface area contributed by atoms with Gasteiger partial charge in [0.15, 0.2) is 0 Å². The van der Waals surface area contributed by atoms with Gasteiger partial charge < -0.3 is 10.2 Å². The Morgan fingerprint density at radius 3 is 2.17 bits per heavy atom. The first-order valence-electron chi connectivity index (χ1n) is 7.86. The molecule has 0 saturated carbocycles. The van der Waals surface area contributed by atoms with Crippen molar-refractivity contribution >= 4 is 17.5 Å². The molecule has 0 unspecified atom stereocenters. The van der Waals surface area contributed by atoms with Crippen molar-refractivity contribution in [3.63, 3.8) is 0 Å². The summed E-state index contributed by atoms with van der Waals surface area (Å²) in [5.41, 5.74) is 1.85. The van der Waals surface area contributed by atoms with E-state index in [9.17, 15) is 9.59 Å². The topological polar surface area (TPSA) is 49.4 Å². The van der Waals surface area contributed by atoms with Crippen molar-refractivity contribution in [1.82, 2.24) is 5.32 Å². The lowest BCUT2D eigenvalue weighted by molar-refractivity contribution is -0.121. The van der Waals surface area contributed by atoms with Gasteiger partial charge in [-0.05, 0) is 24.6 Å². The highest BCUT2D eigenvalue weighted by Crippen LogP contribution is 2.13. The molecule has 1 N–H and O–H groups in total. The van der Waals surface area contributed by atoms with E-state index >= 15 is 0 Å². The van der Waals surface area contributed by atoms with Gasteiger partial charge in [-0.15, -0.1) is 0 Å². The molecule has 2 amide bonds. The van der Waals surface area contributed by atoms with Crippen LogP contribution in [0.3, 0.4) is 0 Å². The lowest BCUT2D eigenvalue weighted by Gasteiger charge is -2.21. The monoisotopic (exact) mass is 310 g/mol. The molecule has 0 aromatic heterocycles. The third kappa shape index (κ3) is 5.25. The van der Waals surface area contributed by atoms with Crippen LogP contribution in [-0.4, -0.2) is 24.9 Å². The number of anilines is 1. The maximum absolute atomic E-state index is 12.3. The summed E-state index contributed by atoms with van der Waals surface area (Å²) in [6.45, 7) is 2.91. The van der Waals surface area contributed by atoms with E-state index in [1.807, 2.05) is 67.6 Å². The molecule has 2 rings (SSSR count). The zero-order chi connectivity index (χ0) is 16.5. The summed E-state index contributed by atoms with van der Waals surface area (Å²) in [5, 5.41) is 2.81. The Morgan fingerprint density at radius 1 is 0.957 bits per heavy atom. The van der Waals surface area contributed by atoms with Gasteiger partial charge in [-0.2, -0.15) is 0 Å². The molecule has 0 spiro atoms. The molecular formula is C19H22N2O2. The minimum absolute atomic E-state index is 0.0127. The summed E-state index contributed by atoms with van der Waals surface area (Å²) in [6, 6.07) is 19.1. The van der Waals surface area contributed by atoms with Gasteiger partial charge in [0.1, 0.15) is 0 Å². The van der Waals surface area contributed by atoms with Crippen LogP contribution in [0.5, 0.6) is 0 Å². The van der Waals surface area contributed by atoms with Crippen LogP contribution in [0.2, 0.25) is 0 Å². The van der Waals surface area contributed by atoms with Crippen LogP contribution < -0.4 is 10.2 Å². The molecule has 0 atom stereocenters. The molecule has 0 fully saturated rings. The van der Waals surface area contributed by atoms with Crippen molar-refractivity contribution in [3.8, 4) is 0 Å². The Balaban J connectivity index is 1.78. The molecule has 2 aromatic carbocycles. The summed E-state index contributed by atoms with van der Waals surface area (Å²) in [5.74, 6) is -0.0505. The van der Waals surface area contributed by atoms with Crippen LogP contribution in [-0.2, 0) is 16.0 Å². The van der Waals surface area contributed by atoms with Crippen LogP contribution in [0.1, 0.15) is 18.9 Å². The number of amides is 2. The highest BCUT2D eigenvalue weighted by Gasteiger charge is 2.13. The molecule has 0 bridgehead atoms. The SMILES string of the molecule is CCN(C(=O)CCNC(=O)Cc1ccccc1)c1ccccc1. The minimum Gasteiger partial charge on any atom is -0.355 e. The maximum Gasteiger partial charge on any atom is 0.228 e. The molecule has 0 aliphatic rings. The Hall–Kier alpha value is -2.62. The summed E-state index contributed by atoms with van der Waals surface area (Å²) in [7, 11) is 0. The largest absolute Gasteiger partial charge is 0.355 e. The quantitative estimate of drug-likeness (QED) is 0.855.